The Labute approximate surface area is 288 Å². The van der Waals surface area contributed by atoms with Gasteiger partial charge in [-0.05, 0) is 83.9 Å². The number of hydrogen-bond donors (Lipinski definition) is 1. The quantitative estimate of drug-likeness (QED) is 0.118. The van der Waals surface area contributed by atoms with Crippen LogP contribution < -0.4 is 10.1 Å². The smallest absolute Gasteiger partial charge is 0.408 e. The van der Waals surface area contributed by atoms with Crippen LogP contribution in [-0.2, 0) is 38.6 Å². The highest BCUT2D eigenvalue weighted by atomic mass is 16.7. The van der Waals surface area contributed by atoms with Crippen molar-refractivity contribution in [3.63, 3.8) is 0 Å². The maximum atomic E-state index is 13.2. The number of hydrogen-bond acceptors (Lipinski definition) is 8. The van der Waals surface area contributed by atoms with Crippen molar-refractivity contribution in [2.24, 2.45) is 5.92 Å². The Kier molecular flexibility index (Phi) is 11.6. The van der Waals surface area contributed by atoms with Crippen LogP contribution in [0.5, 0.6) is 5.75 Å². The van der Waals surface area contributed by atoms with E-state index >= 15 is 0 Å². The van der Waals surface area contributed by atoms with Crippen molar-refractivity contribution in [2.75, 3.05) is 33.9 Å². The van der Waals surface area contributed by atoms with Crippen LogP contribution in [0.3, 0.4) is 0 Å². The van der Waals surface area contributed by atoms with Crippen molar-refractivity contribution < 1.29 is 33.3 Å². The lowest BCUT2D eigenvalue weighted by molar-refractivity contribution is -0.100. The van der Waals surface area contributed by atoms with Crippen molar-refractivity contribution >= 4 is 12.1 Å². The fourth-order valence-electron chi connectivity index (χ4n) is 6.54. The van der Waals surface area contributed by atoms with Crippen molar-refractivity contribution in [3.8, 4) is 5.75 Å². The summed E-state index contributed by atoms with van der Waals surface area (Å²) in [6.45, 7) is 3.38. The number of rotatable bonds is 14. The van der Waals surface area contributed by atoms with Gasteiger partial charge in [0, 0.05) is 27.2 Å². The van der Waals surface area contributed by atoms with E-state index in [0.717, 1.165) is 60.3 Å². The third kappa shape index (κ3) is 9.26. The molecule has 0 spiro atoms. The van der Waals surface area contributed by atoms with E-state index in [2.05, 4.69) is 10.2 Å². The molecule has 7 rings (SSSR count). The Morgan fingerprint density at radius 1 is 0.776 bits per heavy atom. The number of carbonyl (C=O) groups excluding carboxylic acids is 2. The van der Waals surface area contributed by atoms with Crippen LogP contribution in [0.25, 0.3) is 0 Å². The summed E-state index contributed by atoms with van der Waals surface area (Å²) in [7, 11) is 3.22. The first kappa shape index (κ1) is 34.2. The molecule has 0 radical (unpaired) electrons. The second-order valence-corrected chi connectivity index (χ2v) is 12.6. The minimum Gasteiger partial charge on any atom is -0.489 e. The Morgan fingerprint density at radius 2 is 1.49 bits per heavy atom. The molecule has 49 heavy (non-hydrogen) atoms. The highest BCUT2D eigenvalue weighted by molar-refractivity contribution is 5.89. The summed E-state index contributed by atoms with van der Waals surface area (Å²) >= 11 is 0. The fourth-order valence-corrected chi connectivity index (χ4v) is 6.54. The number of carbonyl (C=O) groups is 2. The van der Waals surface area contributed by atoms with Gasteiger partial charge in [0.2, 0.25) is 0 Å². The first-order chi connectivity index (χ1) is 24.0. The van der Waals surface area contributed by atoms with Crippen LogP contribution in [0.2, 0.25) is 0 Å². The Bertz CT molecular complexity index is 1670. The van der Waals surface area contributed by atoms with Gasteiger partial charge in [-0.2, -0.15) is 0 Å². The van der Waals surface area contributed by atoms with E-state index in [1.54, 1.807) is 26.4 Å². The molecule has 9 nitrogen and oxygen atoms in total. The lowest BCUT2D eigenvalue weighted by Gasteiger charge is -2.43. The lowest BCUT2D eigenvalue weighted by atomic mass is 9.86. The van der Waals surface area contributed by atoms with Gasteiger partial charge in [0.15, 0.2) is 6.29 Å². The van der Waals surface area contributed by atoms with Crippen molar-refractivity contribution in [1.29, 1.82) is 0 Å². The zero-order valence-corrected chi connectivity index (χ0v) is 28.1. The van der Waals surface area contributed by atoms with Gasteiger partial charge < -0.3 is 29.0 Å². The second kappa shape index (κ2) is 16.6. The molecule has 0 unspecified atom stereocenters. The largest absolute Gasteiger partial charge is 0.489 e. The third-order valence-electron chi connectivity index (χ3n) is 9.33. The molecule has 3 heterocycles. The van der Waals surface area contributed by atoms with Crippen LogP contribution in [-0.4, -0.2) is 63.2 Å². The van der Waals surface area contributed by atoms with Crippen LogP contribution in [0.4, 0.5) is 4.79 Å². The van der Waals surface area contributed by atoms with E-state index in [1.807, 2.05) is 91.0 Å². The number of amides is 1. The number of piperidine rings is 3. The summed E-state index contributed by atoms with van der Waals surface area (Å²) in [5, 5.41) is 3.12. The number of nitrogens with zero attached hydrogens (tertiary/aromatic N) is 1. The predicted octanol–water partition coefficient (Wildman–Crippen LogP) is 6.69. The molecule has 4 aromatic rings. The van der Waals surface area contributed by atoms with Gasteiger partial charge >= 0.3 is 12.1 Å². The number of alkyl carbamates (subject to hydrolysis) is 1. The Hall–Kier alpha value is -4.70. The summed E-state index contributed by atoms with van der Waals surface area (Å²) in [5.41, 5.74) is 5.04. The lowest BCUT2D eigenvalue weighted by Crippen LogP contribution is -2.52. The summed E-state index contributed by atoms with van der Waals surface area (Å²) in [6.07, 6.45) is 1.98. The zero-order valence-electron chi connectivity index (χ0n) is 28.1. The highest BCUT2D eigenvalue weighted by Gasteiger charge is 2.37. The molecule has 4 aromatic carbocycles. The molecule has 9 heteroatoms. The normalized spacial score (nSPS) is 18.9. The van der Waals surface area contributed by atoms with Crippen LogP contribution in [0.15, 0.2) is 103 Å². The first-order valence-corrected chi connectivity index (χ1v) is 16.8. The van der Waals surface area contributed by atoms with Crippen molar-refractivity contribution in [1.82, 2.24) is 10.2 Å². The number of esters is 1. The fraction of sp³-hybridized carbons (Fsp3) is 0.350. The van der Waals surface area contributed by atoms with E-state index in [1.165, 1.54) is 0 Å². The summed E-state index contributed by atoms with van der Waals surface area (Å²) in [5.74, 6) is 0.662. The zero-order chi connectivity index (χ0) is 34.0. The molecule has 3 aliphatic heterocycles. The van der Waals surface area contributed by atoms with Crippen molar-refractivity contribution in [3.05, 3.63) is 137 Å². The number of methoxy groups -OCH3 is 2. The molecule has 2 atom stereocenters. The molecule has 3 saturated heterocycles. The van der Waals surface area contributed by atoms with E-state index < -0.39 is 18.1 Å². The minimum absolute atomic E-state index is 0.0795. The number of benzene rings is 4. The van der Waals surface area contributed by atoms with Gasteiger partial charge in [0.05, 0.1) is 11.6 Å². The van der Waals surface area contributed by atoms with Gasteiger partial charge in [-0.25, -0.2) is 9.59 Å². The van der Waals surface area contributed by atoms with E-state index in [0.29, 0.717) is 23.7 Å². The molecule has 1 N–H and O–H groups in total. The van der Waals surface area contributed by atoms with E-state index in [9.17, 15) is 9.59 Å². The average Bonchev–Trinajstić information content (AvgIpc) is 3.15. The van der Waals surface area contributed by atoms with E-state index in [4.69, 9.17) is 23.7 Å². The maximum Gasteiger partial charge on any atom is 0.408 e. The van der Waals surface area contributed by atoms with Gasteiger partial charge in [0.25, 0.3) is 0 Å². The van der Waals surface area contributed by atoms with Gasteiger partial charge in [-0.3, -0.25) is 4.90 Å². The molecule has 2 bridgehead atoms. The molecule has 3 aliphatic rings. The SMILES string of the molecule is COC(Cc1ccc(COC(=O)c2cccc(COc3cccc([C@@H](NC(=O)O[C@H]4CN5CCC4CC5)c4ccccc4)c3)c2)cc1)OC. The van der Waals surface area contributed by atoms with Gasteiger partial charge in [-0.15, -0.1) is 0 Å². The van der Waals surface area contributed by atoms with Gasteiger partial charge in [-0.1, -0.05) is 78.9 Å². The van der Waals surface area contributed by atoms with Crippen LogP contribution in [0, 0.1) is 5.92 Å². The molecule has 0 saturated carbocycles. The molecule has 3 fully saturated rings. The predicted molar refractivity (Wildman–Crippen MR) is 185 cm³/mol. The topological polar surface area (TPSA) is 95.6 Å². The molecule has 1 amide bonds. The Balaban J connectivity index is 1.05. The molecule has 0 aromatic heterocycles. The first-order valence-electron chi connectivity index (χ1n) is 16.8. The second-order valence-electron chi connectivity index (χ2n) is 12.6. The van der Waals surface area contributed by atoms with E-state index in [-0.39, 0.29) is 25.6 Å². The molecule has 256 valence electrons. The van der Waals surface area contributed by atoms with Crippen molar-refractivity contribution in [2.45, 2.75) is 50.9 Å². The third-order valence-corrected chi connectivity index (χ3v) is 9.33. The highest BCUT2D eigenvalue weighted by Crippen LogP contribution is 2.31. The number of nitrogens with one attached hydrogen (secondary N) is 1. The number of ether oxygens (including phenoxy) is 5. The average molecular weight is 665 g/mol. The summed E-state index contributed by atoms with van der Waals surface area (Å²) in [6, 6.07) is 32.2. The molecular weight excluding hydrogens is 620 g/mol. The van der Waals surface area contributed by atoms with Crippen LogP contribution in [0.1, 0.15) is 57.1 Å². The molecular formula is C40H44N2O7. The number of fused-ring (bicyclic) bond motifs is 3. The van der Waals surface area contributed by atoms with Crippen LogP contribution >= 0.6 is 0 Å². The summed E-state index contributed by atoms with van der Waals surface area (Å²) < 4.78 is 28.3. The Morgan fingerprint density at radius 3 is 2.20 bits per heavy atom. The standard InChI is InChI=1S/C40H44N2O7/c1-45-37(46-2)23-28-14-16-29(17-15-28)26-48-39(43)34-12-6-8-30(22-34)27-47-35-13-7-11-33(24-35)38(32-9-4-3-5-10-32)41-40(44)49-36-25-42-20-18-31(36)19-21-42/h3-17,22,24,31,36-38H,18-21,23,25-27H2,1-2H3,(H,41,44)/t36-,38-/m0/s1. The minimum atomic E-state index is -0.416. The summed E-state index contributed by atoms with van der Waals surface area (Å²) in [4.78, 5) is 28.5. The molecule has 0 aliphatic carbocycles. The maximum absolute atomic E-state index is 13.2. The van der Waals surface area contributed by atoms with Gasteiger partial charge in [0.1, 0.15) is 25.1 Å². The monoisotopic (exact) mass is 664 g/mol.